The first-order chi connectivity index (χ1) is 6.59. The molecule has 0 radical (unpaired) electrons. The second-order valence-electron chi connectivity index (χ2n) is 3.58. The third-order valence-electron chi connectivity index (χ3n) is 2.05. The summed E-state index contributed by atoms with van der Waals surface area (Å²) in [6.07, 6.45) is 0. The summed E-state index contributed by atoms with van der Waals surface area (Å²) < 4.78 is 0. The minimum Gasteiger partial charge on any atom is -0.324 e. The van der Waals surface area contributed by atoms with E-state index in [0.29, 0.717) is 0 Å². The Morgan fingerprint density at radius 1 is 1.57 bits per heavy atom. The van der Waals surface area contributed by atoms with Crippen LogP contribution in [0.25, 0.3) is 0 Å². The smallest absolute Gasteiger partial charge is 0.0343 e. The molecule has 0 saturated carbocycles. The van der Waals surface area contributed by atoms with Crippen molar-refractivity contribution >= 4 is 11.8 Å². The molecule has 1 atom stereocenters. The Bertz CT molecular complexity index is 320. The highest BCUT2D eigenvalue weighted by atomic mass is 32.2. The van der Waals surface area contributed by atoms with E-state index in [4.69, 9.17) is 5.73 Å². The fourth-order valence-corrected chi connectivity index (χ4v) is 2.13. The van der Waals surface area contributed by atoms with Gasteiger partial charge in [-0.25, -0.2) is 0 Å². The minimum atomic E-state index is 0.0977. The van der Waals surface area contributed by atoms with Crippen LogP contribution >= 0.6 is 11.8 Å². The van der Waals surface area contributed by atoms with Gasteiger partial charge in [-0.2, -0.15) is 0 Å². The quantitative estimate of drug-likeness (QED) is 0.607. The molecule has 2 heteroatoms. The Kier molecular flexibility index (Phi) is 4.23. The summed E-state index contributed by atoms with van der Waals surface area (Å²) in [4.78, 5) is 1.28. The van der Waals surface area contributed by atoms with Gasteiger partial charge in [0.05, 0.1) is 0 Å². The van der Waals surface area contributed by atoms with E-state index in [-0.39, 0.29) is 6.04 Å². The lowest BCUT2D eigenvalue weighted by molar-refractivity contribution is 0.878. The average molecular weight is 207 g/mol. The first kappa shape index (κ1) is 11.3. The largest absolute Gasteiger partial charge is 0.324 e. The number of rotatable bonds is 4. The van der Waals surface area contributed by atoms with E-state index < -0.39 is 0 Å². The van der Waals surface area contributed by atoms with Gasteiger partial charge in [0, 0.05) is 16.7 Å². The molecule has 1 aromatic rings. The molecule has 0 saturated heterocycles. The maximum Gasteiger partial charge on any atom is 0.0343 e. The minimum absolute atomic E-state index is 0.0977. The van der Waals surface area contributed by atoms with Crippen LogP contribution in [0.3, 0.4) is 0 Å². The van der Waals surface area contributed by atoms with E-state index in [1.165, 1.54) is 10.5 Å². The van der Waals surface area contributed by atoms with Crippen molar-refractivity contribution in [3.63, 3.8) is 0 Å². The lowest BCUT2D eigenvalue weighted by Crippen LogP contribution is -2.23. The fourth-order valence-electron chi connectivity index (χ4n) is 1.03. The number of nitrogens with two attached hydrogens (primary N) is 1. The van der Waals surface area contributed by atoms with Crippen LogP contribution in [0, 0.1) is 6.92 Å². The van der Waals surface area contributed by atoms with E-state index >= 15 is 0 Å². The van der Waals surface area contributed by atoms with Gasteiger partial charge in [-0.15, -0.1) is 11.8 Å². The maximum atomic E-state index is 5.88. The number of benzene rings is 1. The highest BCUT2D eigenvalue weighted by molar-refractivity contribution is 7.99. The Balaban J connectivity index is 2.49. The topological polar surface area (TPSA) is 26.0 Å². The van der Waals surface area contributed by atoms with Crippen molar-refractivity contribution < 1.29 is 0 Å². The number of aryl methyl sites for hydroxylation is 1. The molecule has 0 aliphatic heterocycles. The normalized spacial score (nSPS) is 12.5. The lowest BCUT2D eigenvalue weighted by atomic mass is 10.2. The van der Waals surface area contributed by atoms with Gasteiger partial charge in [0.25, 0.3) is 0 Å². The molecule has 14 heavy (non-hydrogen) atoms. The maximum absolute atomic E-state index is 5.88. The molecule has 1 rings (SSSR count). The van der Waals surface area contributed by atoms with Crippen LogP contribution in [-0.2, 0) is 0 Å². The van der Waals surface area contributed by atoms with Crippen LogP contribution in [0.1, 0.15) is 12.5 Å². The monoisotopic (exact) mass is 207 g/mol. The summed E-state index contributed by atoms with van der Waals surface area (Å²) in [5.41, 5.74) is 8.22. The van der Waals surface area contributed by atoms with Crippen LogP contribution in [-0.4, -0.2) is 11.8 Å². The molecule has 0 heterocycles. The van der Waals surface area contributed by atoms with Gasteiger partial charge < -0.3 is 5.73 Å². The molecule has 0 amide bonds. The van der Waals surface area contributed by atoms with Crippen molar-refractivity contribution in [1.29, 1.82) is 0 Å². The highest BCUT2D eigenvalue weighted by Crippen LogP contribution is 2.20. The third-order valence-corrected chi connectivity index (χ3v) is 3.17. The van der Waals surface area contributed by atoms with Crippen LogP contribution in [0.4, 0.5) is 0 Å². The van der Waals surface area contributed by atoms with Gasteiger partial charge in [-0.05, 0) is 26.0 Å². The summed E-state index contributed by atoms with van der Waals surface area (Å²) in [5.74, 6) is 0.902. The lowest BCUT2D eigenvalue weighted by Gasteiger charge is -2.10. The molecule has 2 N–H and O–H groups in total. The van der Waals surface area contributed by atoms with E-state index in [1.807, 2.05) is 6.92 Å². The Morgan fingerprint density at radius 2 is 2.29 bits per heavy atom. The van der Waals surface area contributed by atoms with Crippen molar-refractivity contribution in [2.45, 2.75) is 24.8 Å². The SMILES string of the molecule is C=C(C)C(N)CSc1cccc(C)c1. The summed E-state index contributed by atoms with van der Waals surface area (Å²) in [7, 11) is 0. The van der Waals surface area contributed by atoms with Crippen molar-refractivity contribution in [3.8, 4) is 0 Å². The molecule has 0 spiro atoms. The fraction of sp³-hybridized carbons (Fsp3) is 0.333. The summed E-state index contributed by atoms with van der Waals surface area (Å²) in [6.45, 7) is 7.92. The molecule has 0 aliphatic carbocycles. The Hall–Kier alpha value is -0.730. The van der Waals surface area contributed by atoms with E-state index in [2.05, 4.69) is 37.8 Å². The molecular formula is C12H17NS. The summed E-state index contributed by atoms with van der Waals surface area (Å²) in [5, 5.41) is 0. The molecule has 1 aromatic carbocycles. The zero-order chi connectivity index (χ0) is 10.6. The highest BCUT2D eigenvalue weighted by Gasteiger charge is 2.03. The van der Waals surface area contributed by atoms with Gasteiger partial charge >= 0.3 is 0 Å². The van der Waals surface area contributed by atoms with Gasteiger partial charge in [0.15, 0.2) is 0 Å². The second kappa shape index (κ2) is 5.23. The zero-order valence-electron chi connectivity index (χ0n) is 8.79. The molecule has 0 fully saturated rings. The molecule has 0 aromatic heterocycles. The van der Waals surface area contributed by atoms with Crippen molar-refractivity contribution in [2.24, 2.45) is 5.73 Å². The van der Waals surface area contributed by atoms with E-state index in [9.17, 15) is 0 Å². The van der Waals surface area contributed by atoms with Gasteiger partial charge in [-0.1, -0.05) is 29.8 Å². The molecular weight excluding hydrogens is 190 g/mol. The number of thioether (sulfide) groups is 1. The first-order valence-corrected chi connectivity index (χ1v) is 5.68. The third kappa shape index (κ3) is 3.56. The van der Waals surface area contributed by atoms with Crippen molar-refractivity contribution in [2.75, 3.05) is 5.75 Å². The van der Waals surface area contributed by atoms with Crippen LogP contribution < -0.4 is 5.73 Å². The molecule has 0 bridgehead atoms. The second-order valence-corrected chi connectivity index (χ2v) is 4.67. The van der Waals surface area contributed by atoms with E-state index in [0.717, 1.165) is 11.3 Å². The van der Waals surface area contributed by atoms with E-state index in [1.54, 1.807) is 11.8 Å². The zero-order valence-corrected chi connectivity index (χ0v) is 9.60. The van der Waals surface area contributed by atoms with Crippen molar-refractivity contribution in [1.82, 2.24) is 0 Å². The van der Waals surface area contributed by atoms with Crippen LogP contribution in [0.2, 0.25) is 0 Å². The molecule has 0 aliphatic rings. The average Bonchev–Trinajstić information content (AvgIpc) is 2.14. The Morgan fingerprint density at radius 3 is 2.86 bits per heavy atom. The summed E-state index contributed by atoms with van der Waals surface area (Å²) >= 11 is 1.79. The van der Waals surface area contributed by atoms with Crippen molar-refractivity contribution in [3.05, 3.63) is 42.0 Å². The molecule has 1 nitrogen and oxygen atoms in total. The van der Waals surface area contributed by atoms with Crippen LogP contribution in [0.5, 0.6) is 0 Å². The number of hydrogen-bond donors (Lipinski definition) is 1. The predicted molar refractivity (Wildman–Crippen MR) is 64.7 cm³/mol. The standard InChI is InChI=1S/C12H17NS/c1-9(2)12(13)8-14-11-6-4-5-10(3)7-11/h4-7,12H,1,8,13H2,2-3H3. The summed E-state index contributed by atoms with van der Waals surface area (Å²) in [6, 6.07) is 8.56. The predicted octanol–water partition coefficient (Wildman–Crippen LogP) is 2.99. The van der Waals surface area contributed by atoms with Gasteiger partial charge in [0.1, 0.15) is 0 Å². The van der Waals surface area contributed by atoms with Gasteiger partial charge in [0.2, 0.25) is 0 Å². The van der Waals surface area contributed by atoms with Gasteiger partial charge in [-0.3, -0.25) is 0 Å². The Labute approximate surface area is 90.4 Å². The molecule has 1 unspecified atom stereocenters. The first-order valence-electron chi connectivity index (χ1n) is 4.70. The van der Waals surface area contributed by atoms with Crippen LogP contribution in [0.15, 0.2) is 41.3 Å². The number of hydrogen-bond acceptors (Lipinski definition) is 2. The molecule has 76 valence electrons.